The van der Waals surface area contributed by atoms with Gasteiger partial charge >= 0.3 is 0 Å². The van der Waals surface area contributed by atoms with Crippen molar-refractivity contribution in [2.45, 2.75) is 26.7 Å². The SMILES string of the molecule is CCc1cc(C)ccc1CC1=CC=CC=NC1. The molecule has 0 bridgehead atoms. The van der Waals surface area contributed by atoms with Crippen molar-refractivity contribution in [1.29, 1.82) is 0 Å². The van der Waals surface area contributed by atoms with Crippen LogP contribution in [-0.2, 0) is 12.8 Å². The van der Waals surface area contributed by atoms with E-state index < -0.39 is 0 Å². The lowest BCUT2D eigenvalue weighted by Crippen LogP contribution is -1.99. The molecule has 1 heterocycles. The van der Waals surface area contributed by atoms with E-state index in [4.69, 9.17) is 0 Å². The van der Waals surface area contributed by atoms with Crippen LogP contribution in [0.25, 0.3) is 0 Å². The van der Waals surface area contributed by atoms with E-state index in [9.17, 15) is 0 Å². The van der Waals surface area contributed by atoms with Crippen molar-refractivity contribution in [3.63, 3.8) is 0 Å². The summed E-state index contributed by atoms with van der Waals surface area (Å²) in [7, 11) is 0. The molecule has 2 rings (SSSR count). The van der Waals surface area contributed by atoms with Crippen molar-refractivity contribution in [3.8, 4) is 0 Å². The molecule has 0 unspecified atom stereocenters. The van der Waals surface area contributed by atoms with Crippen LogP contribution < -0.4 is 0 Å². The summed E-state index contributed by atoms with van der Waals surface area (Å²) in [4.78, 5) is 4.34. The molecular formula is C16H19N. The van der Waals surface area contributed by atoms with Crippen molar-refractivity contribution in [3.05, 3.63) is 58.7 Å². The minimum Gasteiger partial charge on any atom is -0.289 e. The highest BCUT2D eigenvalue weighted by Crippen LogP contribution is 2.17. The molecule has 0 spiro atoms. The molecule has 88 valence electrons. The van der Waals surface area contributed by atoms with Gasteiger partial charge in [0, 0.05) is 6.21 Å². The Morgan fingerprint density at radius 3 is 2.88 bits per heavy atom. The zero-order valence-corrected chi connectivity index (χ0v) is 10.6. The van der Waals surface area contributed by atoms with Crippen LogP contribution in [0.2, 0.25) is 0 Å². The van der Waals surface area contributed by atoms with Crippen LogP contribution in [0.3, 0.4) is 0 Å². The monoisotopic (exact) mass is 225 g/mol. The second kappa shape index (κ2) is 5.62. The molecule has 1 nitrogen and oxygen atoms in total. The first kappa shape index (κ1) is 11.8. The molecule has 1 aliphatic rings. The molecule has 0 N–H and O–H groups in total. The lowest BCUT2D eigenvalue weighted by Gasteiger charge is -2.10. The van der Waals surface area contributed by atoms with Crippen molar-refractivity contribution >= 4 is 6.21 Å². The van der Waals surface area contributed by atoms with Crippen LogP contribution in [0.1, 0.15) is 23.6 Å². The largest absolute Gasteiger partial charge is 0.289 e. The maximum atomic E-state index is 4.34. The maximum Gasteiger partial charge on any atom is 0.0605 e. The van der Waals surface area contributed by atoms with Crippen LogP contribution in [0, 0.1) is 6.92 Å². The first-order valence-electron chi connectivity index (χ1n) is 6.22. The number of nitrogens with zero attached hydrogens (tertiary/aromatic N) is 1. The summed E-state index contributed by atoms with van der Waals surface area (Å²) < 4.78 is 0. The van der Waals surface area contributed by atoms with Crippen LogP contribution in [-0.4, -0.2) is 12.8 Å². The van der Waals surface area contributed by atoms with E-state index in [0.29, 0.717) is 0 Å². The van der Waals surface area contributed by atoms with E-state index in [1.165, 1.54) is 22.3 Å². The van der Waals surface area contributed by atoms with E-state index in [0.717, 1.165) is 19.4 Å². The molecule has 0 aliphatic carbocycles. The summed E-state index contributed by atoms with van der Waals surface area (Å²) in [6, 6.07) is 6.75. The third kappa shape index (κ3) is 3.16. The van der Waals surface area contributed by atoms with Gasteiger partial charge in [-0.15, -0.1) is 0 Å². The van der Waals surface area contributed by atoms with Crippen LogP contribution in [0.15, 0.2) is 47.0 Å². The van der Waals surface area contributed by atoms with E-state index >= 15 is 0 Å². The fraction of sp³-hybridized carbons (Fsp3) is 0.312. The summed E-state index contributed by atoms with van der Waals surface area (Å²) in [5.41, 5.74) is 5.63. The smallest absolute Gasteiger partial charge is 0.0605 e. The van der Waals surface area contributed by atoms with Crippen LogP contribution in [0.5, 0.6) is 0 Å². The van der Waals surface area contributed by atoms with Gasteiger partial charge in [0.15, 0.2) is 0 Å². The Labute approximate surface area is 104 Å². The quantitative estimate of drug-likeness (QED) is 0.744. The van der Waals surface area contributed by atoms with Crippen molar-refractivity contribution < 1.29 is 0 Å². The second-order valence-electron chi connectivity index (χ2n) is 4.50. The van der Waals surface area contributed by atoms with Crippen LogP contribution in [0.4, 0.5) is 0 Å². The van der Waals surface area contributed by atoms with Gasteiger partial charge in [-0.2, -0.15) is 0 Å². The Hall–Kier alpha value is -1.63. The second-order valence-corrected chi connectivity index (χ2v) is 4.50. The molecule has 0 saturated carbocycles. The average molecular weight is 225 g/mol. The Morgan fingerprint density at radius 1 is 1.18 bits per heavy atom. The fourth-order valence-corrected chi connectivity index (χ4v) is 2.14. The molecule has 1 aliphatic heterocycles. The zero-order chi connectivity index (χ0) is 12.1. The van der Waals surface area contributed by atoms with Gasteiger partial charge in [-0.05, 0) is 42.5 Å². The normalized spacial score (nSPS) is 14.6. The molecule has 1 aromatic carbocycles. The first-order chi connectivity index (χ1) is 8.29. The topological polar surface area (TPSA) is 12.4 Å². The van der Waals surface area contributed by atoms with Crippen molar-refractivity contribution in [2.75, 3.05) is 6.54 Å². The average Bonchev–Trinajstić information content (AvgIpc) is 2.60. The molecule has 0 atom stereocenters. The third-order valence-corrected chi connectivity index (χ3v) is 3.09. The van der Waals surface area contributed by atoms with Gasteiger partial charge in [-0.3, -0.25) is 4.99 Å². The minimum atomic E-state index is 0.823. The predicted octanol–water partition coefficient (Wildman–Crippen LogP) is 3.67. The third-order valence-electron chi connectivity index (χ3n) is 3.09. The fourth-order valence-electron chi connectivity index (χ4n) is 2.14. The van der Waals surface area contributed by atoms with Crippen molar-refractivity contribution in [2.24, 2.45) is 4.99 Å². The zero-order valence-electron chi connectivity index (χ0n) is 10.6. The molecule has 0 fully saturated rings. The maximum absolute atomic E-state index is 4.34. The number of hydrogen-bond donors (Lipinski definition) is 0. The van der Waals surface area contributed by atoms with E-state index in [-0.39, 0.29) is 0 Å². The molecule has 0 saturated heterocycles. The predicted molar refractivity (Wildman–Crippen MR) is 74.8 cm³/mol. The summed E-state index contributed by atoms with van der Waals surface area (Å²) >= 11 is 0. The number of aliphatic imine (C=N–C) groups is 1. The highest BCUT2D eigenvalue weighted by molar-refractivity contribution is 5.72. The number of hydrogen-bond acceptors (Lipinski definition) is 1. The molecular weight excluding hydrogens is 206 g/mol. The Balaban J connectivity index is 2.21. The van der Waals surface area contributed by atoms with Crippen molar-refractivity contribution in [1.82, 2.24) is 0 Å². The van der Waals surface area contributed by atoms with Gasteiger partial charge in [0.25, 0.3) is 0 Å². The van der Waals surface area contributed by atoms with Gasteiger partial charge in [0.05, 0.1) is 6.54 Å². The number of rotatable bonds is 3. The summed E-state index contributed by atoms with van der Waals surface area (Å²) in [5.74, 6) is 0. The summed E-state index contributed by atoms with van der Waals surface area (Å²) in [6.45, 7) is 5.20. The lowest BCUT2D eigenvalue weighted by atomic mass is 9.96. The molecule has 1 heteroatoms. The standard InChI is InChI=1S/C16H19N/c1-3-15-10-13(2)7-8-16(15)11-14-6-4-5-9-17-12-14/h4-10H,3,11-12H2,1-2H3. The lowest BCUT2D eigenvalue weighted by molar-refractivity contribution is 1.000. The molecule has 0 amide bonds. The molecule has 17 heavy (non-hydrogen) atoms. The molecule has 0 aromatic heterocycles. The highest BCUT2D eigenvalue weighted by atomic mass is 14.7. The van der Waals surface area contributed by atoms with E-state index in [1.54, 1.807) is 0 Å². The number of aryl methyl sites for hydroxylation is 2. The summed E-state index contributed by atoms with van der Waals surface area (Å²) in [5, 5.41) is 0. The number of benzene rings is 1. The van der Waals surface area contributed by atoms with Gasteiger partial charge in [-0.25, -0.2) is 0 Å². The minimum absolute atomic E-state index is 0.823. The van der Waals surface area contributed by atoms with E-state index in [2.05, 4.69) is 49.2 Å². The molecule has 1 aromatic rings. The highest BCUT2D eigenvalue weighted by Gasteiger charge is 2.04. The van der Waals surface area contributed by atoms with Gasteiger partial charge in [-0.1, -0.05) is 42.8 Å². The van der Waals surface area contributed by atoms with E-state index in [1.807, 2.05) is 12.3 Å². The molecule has 0 radical (unpaired) electrons. The van der Waals surface area contributed by atoms with Gasteiger partial charge in [0.1, 0.15) is 0 Å². The number of allylic oxidation sites excluding steroid dienone is 3. The Morgan fingerprint density at radius 2 is 2.06 bits per heavy atom. The van der Waals surface area contributed by atoms with Crippen LogP contribution >= 0.6 is 0 Å². The Kier molecular flexibility index (Phi) is 3.92. The van der Waals surface area contributed by atoms with Gasteiger partial charge in [0.2, 0.25) is 0 Å². The summed E-state index contributed by atoms with van der Waals surface area (Å²) in [6.07, 6.45) is 10.2. The van der Waals surface area contributed by atoms with Gasteiger partial charge < -0.3 is 0 Å². The Bertz CT molecular complexity index is 478. The first-order valence-corrected chi connectivity index (χ1v) is 6.22.